The maximum absolute atomic E-state index is 12.9. The van der Waals surface area contributed by atoms with Gasteiger partial charge in [-0.1, -0.05) is 29.8 Å². The molecule has 6 nitrogen and oxygen atoms in total. The molecule has 1 aromatic carbocycles. The van der Waals surface area contributed by atoms with Crippen molar-refractivity contribution in [2.45, 2.75) is 25.9 Å². The van der Waals surface area contributed by atoms with Gasteiger partial charge in [-0.3, -0.25) is 19.4 Å². The number of carbonyl (C=O) groups excluding carboxylic acids is 1. The fraction of sp³-hybridized carbons (Fsp3) is 0.320. The SMILES string of the molecule is O=C(/C=C/CN1CCCC1)N1CCn2nc(-c3ccc(Cl)cc3)c(-c3ccncc3)c2C1. The maximum Gasteiger partial charge on any atom is 0.246 e. The van der Waals surface area contributed by atoms with E-state index in [2.05, 4.69) is 9.88 Å². The average molecular weight is 448 g/mol. The van der Waals surface area contributed by atoms with Crippen LogP contribution in [0.15, 0.2) is 60.9 Å². The minimum atomic E-state index is 0.0605. The van der Waals surface area contributed by atoms with Crippen LogP contribution < -0.4 is 0 Å². The predicted octanol–water partition coefficient (Wildman–Crippen LogP) is 4.26. The summed E-state index contributed by atoms with van der Waals surface area (Å²) < 4.78 is 2.04. The lowest BCUT2D eigenvalue weighted by Gasteiger charge is -2.27. The van der Waals surface area contributed by atoms with Crippen molar-refractivity contribution in [3.8, 4) is 22.4 Å². The molecule has 2 aromatic heterocycles. The zero-order valence-corrected chi connectivity index (χ0v) is 18.7. The molecular formula is C25H26ClN5O. The number of rotatable bonds is 5. The van der Waals surface area contributed by atoms with Gasteiger partial charge in [-0.25, -0.2) is 0 Å². The summed E-state index contributed by atoms with van der Waals surface area (Å²) in [6.45, 7) is 4.96. The fourth-order valence-corrected chi connectivity index (χ4v) is 4.64. The van der Waals surface area contributed by atoms with Gasteiger partial charge >= 0.3 is 0 Å². The van der Waals surface area contributed by atoms with Gasteiger partial charge in [0.25, 0.3) is 0 Å². The molecule has 3 aromatic rings. The van der Waals surface area contributed by atoms with Crippen molar-refractivity contribution < 1.29 is 4.79 Å². The fourth-order valence-electron chi connectivity index (χ4n) is 4.51. The van der Waals surface area contributed by atoms with Gasteiger partial charge in [0.2, 0.25) is 5.91 Å². The molecule has 0 spiro atoms. The Bertz CT molecular complexity index is 1120. The van der Waals surface area contributed by atoms with Crippen LogP contribution in [0.5, 0.6) is 0 Å². The largest absolute Gasteiger partial charge is 0.331 e. The third kappa shape index (κ3) is 4.33. The smallest absolute Gasteiger partial charge is 0.246 e. The number of amides is 1. The number of hydrogen-bond donors (Lipinski definition) is 0. The van der Waals surface area contributed by atoms with E-state index < -0.39 is 0 Å². The highest BCUT2D eigenvalue weighted by Crippen LogP contribution is 2.36. The van der Waals surface area contributed by atoms with Crippen LogP contribution in [0.1, 0.15) is 18.5 Å². The van der Waals surface area contributed by atoms with Crippen molar-refractivity contribution in [2.75, 3.05) is 26.2 Å². The van der Waals surface area contributed by atoms with Crippen molar-refractivity contribution in [3.63, 3.8) is 0 Å². The second-order valence-corrected chi connectivity index (χ2v) is 8.74. The Hall–Kier alpha value is -2.96. The third-order valence-electron chi connectivity index (χ3n) is 6.20. The van der Waals surface area contributed by atoms with E-state index in [1.54, 1.807) is 18.5 Å². The van der Waals surface area contributed by atoms with Crippen LogP contribution in [-0.4, -0.2) is 56.7 Å². The molecular weight excluding hydrogens is 422 g/mol. The molecule has 4 heterocycles. The van der Waals surface area contributed by atoms with Crippen LogP contribution in [0.25, 0.3) is 22.4 Å². The lowest BCUT2D eigenvalue weighted by Crippen LogP contribution is -2.37. The van der Waals surface area contributed by atoms with Gasteiger partial charge in [0.15, 0.2) is 0 Å². The van der Waals surface area contributed by atoms with Crippen LogP contribution in [0.4, 0.5) is 0 Å². The number of nitrogens with zero attached hydrogens (tertiary/aromatic N) is 5. The van der Waals surface area contributed by atoms with E-state index >= 15 is 0 Å². The van der Waals surface area contributed by atoms with Crippen molar-refractivity contribution in [1.82, 2.24) is 24.6 Å². The quantitative estimate of drug-likeness (QED) is 0.548. The Balaban J connectivity index is 1.43. The van der Waals surface area contributed by atoms with Crippen LogP contribution in [0.3, 0.4) is 0 Å². The number of fused-ring (bicyclic) bond motifs is 1. The Kier molecular flexibility index (Phi) is 6.06. The molecule has 0 N–H and O–H groups in total. The highest BCUT2D eigenvalue weighted by molar-refractivity contribution is 6.30. The molecule has 1 saturated heterocycles. The first kappa shape index (κ1) is 20.9. The first-order valence-electron chi connectivity index (χ1n) is 11.1. The standard InChI is InChI=1S/C25H26ClN5O/c26-21-7-5-20(6-8-21)25-24(19-9-11-27-12-10-19)22-18-30(16-17-31(22)28-25)23(32)4-3-15-29-13-1-2-14-29/h3-12H,1-2,13-18H2/b4-3+. The number of benzene rings is 1. The number of aromatic nitrogens is 3. The summed E-state index contributed by atoms with van der Waals surface area (Å²) in [5, 5.41) is 5.62. The van der Waals surface area contributed by atoms with Crippen LogP contribution in [-0.2, 0) is 17.9 Å². The molecule has 0 atom stereocenters. The molecule has 32 heavy (non-hydrogen) atoms. The lowest BCUT2D eigenvalue weighted by atomic mass is 9.99. The molecule has 1 amide bonds. The van der Waals surface area contributed by atoms with Crippen molar-refractivity contribution >= 4 is 17.5 Å². The van der Waals surface area contributed by atoms with E-state index in [1.807, 2.05) is 52.1 Å². The van der Waals surface area contributed by atoms with Crippen molar-refractivity contribution in [1.29, 1.82) is 0 Å². The molecule has 5 rings (SSSR count). The first-order valence-corrected chi connectivity index (χ1v) is 11.5. The summed E-state index contributed by atoms with van der Waals surface area (Å²) in [4.78, 5) is 21.4. The van der Waals surface area contributed by atoms with Gasteiger partial charge in [0, 0.05) is 47.7 Å². The summed E-state index contributed by atoms with van der Waals surface area (Å²) in [5.74, 6) is 0.0605. The number of hydrogen-bond acceptors (Lipinski definition) is 4. The maximum atomic E-state index is 12.9. The third-order valence-corrected chi connectivity index (χ3v) is 6.45. The van der Waals surface area contributed by atoms with Gasteiger partial charge in [-0.15, -0.1) is 0 Å². The van der Waals surface area contributed by atoms with Gasteiger partial charge in [0.05, 0.1) is 18.8 Å². The highest BCUT2D eigenvalue weighted by atomic mass is 35.5. The number of likely N-dealkylation sites (tertiary alicyclic amines) is 1. The van der Waals surface area contributed by atoms with E-state index in [-0.39, 0.29) is 5.91 Å². The molecule has 0 saturated carbocycles. The predicted molar refractivity (Wildman–Crippen MR) is 126 cm³/mol. The first-order chi connectivity index (χ1) is 15.7. The van der Waals surface area contributed by atoms with Gasteiger partial charge in [-0.05, 0) is 55.8 Å². The Morgan fingerprint density at radius 3 is 2.47 bits per heavy atom. The molecule has 164 valence electrons. The monoisotopic (exact) mass is 447 g/mol. The number of halogens is 1. The van der Waals surface area contributed by atoms with E-state index in [1.165, 1.54) is 12.8 Å². The molecule has 0 aliphatic carbocycles. The van der Waals surface area contributed by atoms with Crippen molar-refractivity contribution in [3.05, 3.63) is 71.7 Å². The van der Waals surface area contributed by atoms with Crippen LogP contribution in [0.2, 0.25) is 5.02 Å². The minimum absolute atomic E-state index is 0.0605. The highest BCUT2D eigenvalue weighted by Gasteiger charge is 2.27. The zero-order valence-electron chi connectivity index (χ0n) is 18.0. The zero-order chi connectivity index (χ0) is 21.9. The Labute approximate surface area is 193 Å². The normalized spacial score (nSPS) is 16.6. The van der Waals surface area contributed by atoms with E-state index in [4.69, 9.17) is 16.7 Å². The molecule has 0 unspecified atom stereocenters. The van der Waals surface area contributed by atoms with Crippen LogP contribution >= 0.6 is 11.6 Å². The lowest BCUT2D eigenvalue weighted by molar-refractivity contribution is -0.127. The van der Waals surface area contributed by atoms with Crippen LogP contribution in [0, 0.1) is 0 Å². The topological polar surface area (TPSA) is 54.3 Å². The molecule has 0 radical (unpaired) electrons. The minimum Gasteiger partial charge on any atom is -0.331 e. The van der Waals surface area contributed by atoms with E-state index in [0.29, 0.717) is 24.7 Å². The summed E-state index contributed by atoms with van der Waals surface area (Å²) in [6.07, 6.45) is 9.83. The van der Waals surface area contributed by atoms with Gasteiger partial charge < -0.3 is 4.90 Å². The number of pyridine rings is 1. The Morgan fingerprint density at radius 2 is 1.72 bits per heavy atom. The summed E-state index contributed by atoms with van der Waals surface area (Å²) in [7, 11) is 0. The number of carbonyl (C=O) groups is 1. The van der Waals surface area contributed by atoms with Crippen molar-refractivity contribution in [2.24, 2.45) is 0 Å². The Morgan fingerprint density at radius 1 is 0.969 bits per heavy atom. The van der Waals surface area contributed by atoms with E-state index in [0.717, 1.165) is 47.7 Å². The molecule has 1 fully saturated rings. The molecule has 2 aliphatic heterocycles. The summed E-state index contributed by atoms with van der Waals surface area (Å²) >= 11 is 6.11. The molecule has 2 aliphatic rings. The second-order valence-electron chi connectivity index (χ2n) is 8.31. The summed E-state index contributed by atoms with van der Waals surface area (Å²) in [6, 6.07) is 11.7. The summed E-state index contributed by atoms with van der Waals surface area (Å²) in [5.41, 5.74) is 5.06. The van der Waals surface area contributed by atoms with Gasteiger partial charge in [-0.2, -0.15) is 5.10 Å². The second kappa shape index (κ2) is 9.27. The molecule has 7 heteroatoms. The molecule has 0 bridgehead atoms. The van der Waals surface area contributed by atoms with Gasteiger partial charge in [0.1, 0.15) is 5.69 Å². The van der Waals surface area contributed by atoms with E-state index in [9.17, 15) is 4.79 Å². The average Bonchev–Trinajstić information content (AvgIpc) is 3.47.